The van der Waals surface area contributed by atoms with Crippen molar-refractivity contribution in [2.45, 2.75) is 43.2 Å². The van der Waals surface area contributed by atoms with Gasteiger partial charge in [0.05, 0.1) is 12.0 Å². The second-order valence-corrected chi connectivity index (χ2v) is 7.67. The van der Waals surface area contributed by atoms with Crippen LogP contribution in [0.5, 0.6) is 0 Å². The first kappa shape index (κ1) is 16.5. The Morgan fingerprint density at radius 1 is 1.28 bits per heavy atom. The fourth-order valence-corrected chi connectivity index (χ4v) is 4.47. The molecule has 1 aliphatic carbocycles. The van der Waals surface area contributed by atoms with Crippen molar-refractivity contribution in [1.29, 1.82) is 0 Å². The topological polar surface area (TPSA) is 96.5 Å². The van der Waals surface area contributed by atoms with Gasteiger partial charge in [-0.3, -0.25) is 14.6 Å². The summed E-state index contributed by atoms with van der Waals surface area (Å²) in [6, 6.07) is -0.212. The molecule has 3 fully saturated rings. The van der Waals surface area contributed by atoms with Crippen molar-refractivity contribution in [3.8, 4) is 0 Å². The van der Waals surface area contributed by atoms with E-state index in [0.29, 0.717) is 13.1 Å². The molecule has 1 saturated carbocycles. The minimum atomic E-state index is -0.616. The zero-order chi connectivity index (χ0) is 17.6. The number of nitrogens with zero attached hydrogens (tertiary/aromatic N) is 4. The molecule has 3 N–H and O–H groups in total. The van der Waals surface area contributed by atoms with Crippen molar-refractivity contribution in [3.05, 3.63) is 18.2 Å². The molecule has 0 bridgehead atoms. The Morgan fingerprint density at radius 3 is 2.72 bits per heavy atom. The van der Waals surface area contributed by atoms with Crippen molar-refractivity contribution < 1.29 is 9.59 Å². The van der Waals surface area contributed by atoms with Gasteiger partial charge in [-0.25, -0.2) is 9.78 Å². The number of carbonyl (C=O) groups excluding carboxylic acids is 2. The third kappa shape index (κ3) is 2.83. The van der Waals surface area contributed by atoms with Crippen LogP contribution in [0.2, 0.25) is 0 Å². The molecule has 2 aliphatic heterocycles. The van der Waals surface area contributed by atoms with Gasteiger partial charge in [-0.05, 0) is 12.8 Å². The number of aryl methyl sites for hydroxylation is 1. The second-order valence-electron chi connectivity index (χ2n) is 7.67. The van der Waals surface area contributed by atoms with Crippen LogP contribution in [0.15, 0.2) is 12.5 Å². The lowest BCUT2D eigenvalue weighted by Gasteiger charge is -2.22. The number of hydrogen-bond donors (Lipinski definition) is 2. The number of rotatable bonds is 4. The van der Waals surface area contributed by atoms with E-state index < -0.39 is 5.54 Å². The predicted molar refractivity (Wildman–Crippen MR) is 91.8 cm³/mol. The average molecular weight is 346 g/mol. The van der Waals surface area contributed by atoms with Gasteiger partial charge in [0, 0.05) is 51.4 Å². The van der Waals surface area contributed by atoms with Gasteiger partial charge in [-0.15, -0.1) is 0 Å². The van der Waals surface area contributed by atoms with Gasteiger partial charge >= 0.3 is 6.03 Å². The predicted octanol–water partition coefficient (Wildman–Crippen LogP) is 0.0112. The van der Waals surface area contributed by atoms with Crippen molar-refractivity contribution in [2.24, 2.45) is 12.8 Å². The molecule has 1 spiro atoms. The largest absolute Gasteiger partial charge is 0.340 e. The summed E-state index contributed by atoms with van der Waals surface area (Å²) >= 11 is 0. The number of amides is 3. The van der Waals surface area contributed by atoms with Crippen LogP contribution in [0.4, 0.5) is 4.79 Å². The highest BCUT2D eigenvalue weighted by molar-refractivity contribution is 6.07. The average Bonchev–Trinajstić information content (AvgIpc) is 3.31. The Morgan fingerprint density at radius 2 is 2.04 bits per heavy atom. The third-order valence-electron chi connectivity index (χ3n) is 5.89. The minimum absolute atomic E-state index is 0.0270. The molecule has 1 aromatic heterocycles. The first-order valence-electron chi connectivity index (χ1n) is 9.08. The Bertz CT molecular complexity index is 680. The van der Waals surface area contributed by atoms with E-state index in [1.165, 1.54) is 4.90 Å². The first-order valence-corrected chi connectivity index (χ1v) is 9.08. The number of nitrogens with two attached hydrogens (primary N) is 1. The lowest BCUT2D eigenvalue weighted by molar-refractivity contribution is -0.131. The van der Waals surface area contributed by atoms with Crippen LogP contribution in [-0.2, 0) is 11.8 Å². The Labute approximate surface area is 147 Å². The van der Waals surface area contributed by atoms with E-state index in [0.717, 1.165) is 44.5 Å². The van der Waals surface area contributed by atoms with E-state index in [-0.39, 0.29) is 23.9 Å². The molecule has 25 heavy (non-hydrogen) atoms. The summed E-state index contributed by atoms with van der Waals surface area (Å²) in [5.41, 5.74) is 6.69. The van der Waals surface area contributed by atoms with Crippen LogP contribution >= 0.6 is 0 Å². The third-order valence-corrected chi connectivity index (χ3v) is 5.89. The fraction of sp³-hybridized carbons (Fsp3) is 0.706. The van der Waals surface area contributed by atoms with Crippen LogP contribution in [-0.4, -0.2) is 69.0 Å². The highest BCUT2D eigenvalue weighted by atomic mass is 16.2. The lowest BCUT2D eigenvalue weighted by Crippen LogP contribution is -2.44. The summed E-state index contributed by atoms with van der Waals surface area (Å²) in [6.07, 6.45) is 7.35. The summed E-state index contributed by atoms with van der Waals surface area (Å²) in [7, 11) is 1.95. The molecular weight excluding hydrogens is 320 g/mol. The lowest BCUT2D eigenvalue weighted by atomic mass is 9.98. The quantitative estimate of drug-likeness (QED) is 0.749. The van der Waals surface area contributed by atoms with Gasteiger partial charge in [-0.2, -0.15) is 0 Å². The molecule has 136 valence electrons. The molecule has 3 aliphatic rings. The molecule has 2 saturated heterocycles. The second kappa shape index (κ2) is 6.10. The number of imidazole rings is 1. The molecule has 4 rings (SSSR count). The summed E-state index contributed by atoms with van der Waals surface area (Å²) in [5, 5.41) is 2.93. The molecule has 0 unspecified atom stereocenters. The molecule has 0 radical (unpaired) electrons. The van der Waals surface area contributed by atoms with Crippen LogP contribution in [0.25, 0.3) is 0 Å². The molecule has 1 aromatic rings. The molecule has 8 heteroatoms. The van der Waals surface area contributed by atoms with E-state index in [1.807, 2.05) is 17.8 Å². The van der Waals surface area contributed by atoms with Gasteiger partial charge in [0.25, 0.3) is 5.91 Å². The van der Waals surface area contributed by atoms with Crippen LogP contribution < -0.4 is 11.1 Å². The smallest absolute Gasteiger partial charge is 0.325 e. The normalized spacial score (nSPS) is 29.1. The van der Waals surface area contributed by atoms with Gasteiger partial charge in [-0.1, -0.05) is 12.8 Å². The van der Waals surface area contributed by atoms with Gasteiger partial charge < -0.3 is 15.6 Å². The first-order chi connectivity index (χ1) is 12.0. The molecule has 2 atom stereocenters. The Kier molecular flexibility index (Phi) is 4.04. The van der Waals surface area contributed by atoms with E-state index in [9.17, 15) is 9.59 Å². The standard InChI is InChI=1S/C17H26N6O2/c1-21-10-14(19-11-21)12-8-22(9-13(12)18)6-7-23-15(24)17(20-16(23)25)4-2-3-5-17/h10-13H,2-9,18H2,1H3,(H,20,25)/t12-,13-/m1/s1. The van der Waals surface area contributed by atoms with Crippen molar-refractivity contribution in [3.63, 3.8) is 0 Å². The SMILES string of the molecule is Cn1cnc([C@@H]2CN(CCN3C(=O)NC4(CCCC4)C3=O)C[C@H]2N)c1. The van der Waals surface area contributed by atoms with Crippen molar-refractivity contribution in [2.75, 3.05) is 26.2 Å². The maximum atomic E-state index is 12.7. The van der Waals surface area contributed by atoms with Gasteiger partial charge in [0.1, 0.15) is 5.54 Å². The van der Waals surface area contributed by atoms with E-state index in [2.05, 4.69) is 15.2 Å². The Balaban J connectivity index is 1.36. The zero-order valence-corrected chi connectivity index (χ0v) is 14.6. The highest BCUT2D eigenvalue weighted by Gasteiger charge is 2.52. The summed E-state index contributed by atoms with van der Waals surface area (Å²) < 4.78 is 1.93. The van der Waals surface area contributed by atoms with Crippen LogP contribution in [0, 0.1) is 0 Å². The number of aromatic nitrogens is 2. The van der Waals surface area contributed by atoms with Gasteiger partial charge in [0.15, 0.2) is 0 Å². The summed E-state index contributed by atoms with van der Waals surface area (Å²) in [6.45, 7) is 2.66. The van der Waals surface area contributed by atoms with Crippen LogP contribution in [0.1, 0.15) is 37.3 Å². The molecule has 3 amide bonds. The molecule has 0 aromatic carbocycles. The zero-order valence-electron chi connectivity index (χ0n) is 14.6. The molecule has 8 nitrogen and oxygen atoms in total. The van der Waals surface area contributed by atoms with E-state index in [1.54, 1.807) is 6.33 Å². The number of imide groups is 1. The number of hydrogen-bond acceptors (Lipinski definition) is 5. The fourth-order valence-electron chi connectivity index (χ4n) is 4.47. The van der Waals surface area contributed by atoms with Crippen LogP contribution in [0.3, 0.4) is 0 Å². The highest BCUT2D eigenvalue weighted by Crippen LogP contribution is 2.35. The van der Waals surface area contributed by atoms with Crippen molar-refractivity contribution >= 4 is 11.9 Å². The number of nitrogens with one attached hydrogen (secondary N) is 1. The summed E-state index contributed by atoms with van der Waals surface area (Å²) in [5.74, 6) is 0.158. The number of carbonyl (C=O) groups is 2. The number of likely N-dealkylation sites (tertiary alicyclic amines) is 1. The maximum absolute atomic E-state index is 12.7. The van der Waals surface area contributed by atoms with E-state index >= 15 is 0 Å². The molecule has 3 heterocycles. The Hall–Kier alpha value is -1.93. The summed E-state index contributed by atoms with van der Waals surface area (Å²) in [4.78, 5) is 33.0. The minimum Gasteiger partial charge on any atom is -0.340 e. The van der Waals surface area contributed by atoms with Gasteiger partial charge in [0.2, 0.25) is 0 Å². The number of urea groups is 1. The molecular formula is C17H26N6O2. The maximum Gasteiger partial charge on any atom is 0.325 e. The van der Waals surface area contributed by atoms with E-state index in [4.69, 9.17) is 5.73 Å². The van der Waals surface area contributed by atoms with Crippen molar-refractivity contribution in [1.82, 2.24) is 24.7 Å². The monoisotopic (exact) mass is 346 g/mol.